The van der Waals surface area contributed by atoms with Gasteiger partial charge in [0.1, 0.15) is 0 Å². The number of thioether (sulfide) groups is 1. The molecule has 1 heteroatoms. The molecule has 0 nitrogen and oxygen atoms in total. The summed E-state index contributed by atoms with van der Waals surface area (Å²) < 4.78 is 0. The van der Waals surface area contributed by atoms with Gasteiger partial charge in [0.05, 0.1) is 0 Å². The van der Waals surface area contributed by atoms with Crippen molar-refractivity contribution in [3.05, 3.63) is 6.92 Å². The Balaban J connectivity index is 2.83. The van der Waals surface area contributed by atoms with Crippen molar-refractivity contribution in [1.82, 2.24) is 0 Å². The molecule has 0 fully saturated rings. The van der Waals surface area contributed by atoms with Crippen LogP contribution in [0.1, 0.15) is 32.6 Å². The van der Waals surface area contributed by atoms with Gasteiger partial charge in [-0.05, 0) is 38.2 Å². The number of unbranched alkanes of at least 4 members (excludes halogenated alkanes) is 3. The normalized spacial score (nSPS) is 8.91. The highest BCUT2D eigenvalue weighted by molar-refractivity contribution is 7.99. The summed E-state index contributed by atoms with van der Waals surface area (Å²) in [7, 11) is 0. The van der Waals surface area contributed by atoms with E-state index in [9.17, 15) is 0 Å². The first-order valence-electron chi connectivity index (χ1n) is 4.18. The van der Waals surface area contributed by atoms with Crippen LogP contribution in [0.3, 0.4) is 0 Å². The van der Waals surface area contributed by atoms with Crippen molar-refractivity contribution >= 4 is 11.8 Å². The van der Waals surface area contributed by atoms with E-state index in [1.165, 1.54) is 25.0 Å². The van der Waals surface area contributed by atoms with E-state index < -0.39 is 0 Å². The molecular weight excluding hydrogens is 152 g/mol. The first-order valence-corrected chi connectivity index (χ1v) is 5.34. The Morgan fingerprint density at radius 3 is 2.73 bits per heavy atom. The largest absolute Gasteiger partial charge is 0.162 e. The molecule has 0 aliphatic heterocycles. The lowest BCUT2D eigenvalue weighted by Gasteiger charge is -1.96. The number of rotatable bonds is 6. The van der Waals surface area contributed by atoms with Gasteiger partial charge >= 0.3 is 0 Å². The zero-order chi connectivity index (χ0) is 8.36. The second-order valence-corrected chi connectivity index (χ2v) is 3.57. The third-order valence-electron chi connectivity index (χ3n) is 1.41. The highest BCUT2D eigenvalue weighted by atomic mass is 32.2. The van der Waals surface area contributed by atoms with Crippen LogP contribution in [-0.4, -0.2) is 11.5 Å². The maximum Gasteiger partial charge on any atom is 0.00885 e. The zero-order valence-electron chi connectivity index (χ0n) is 7.36. The van der Waals surface area contributed by atoms with Crippen molar-refractivity contribution < 1.29 is 0 Å². The molecule has 1 radical (unpaired) electrons. The van der Waals surface area contributed by atoms with E-state index in [1.54, 1.807) is 0 Å². The Hall–Kier alpha value is -0.0900. The smallest absolute Gasteiger partial charge is 0.00885 e. The number of hydrogen-bond acceptors (Lipinski definition) is 1. The van der Waals surface area contributed by atoms with E-state index in [0.717, 1.165) is 12.2 Å². The fraction of sp³-hybridized carbons (Fsp3) is 0.700. The van der Waals surface area contributed by atoms with Gasteiger partial charge in [-0.15, -0.1) is 11.8 Å². The predicted molar refractivity (Wildman–Crippen MR) is 54.6 cm³/mol. The van der Waals surface area contributed by atoms with E-state index in [0.29, 0.717) is 0 Å². The van der Waals surface area contributed by atoms with Gasteiger partial charge in [0, 0.05) is 6.42 Å². The van der Waals surface area contributed by atoms with Gasteiger partial charge in [0.25, 0.3) is 0 Å². The highest BCUT2D eigenvalue weighted by Gasteiger charge is 1.87. The minimum atomic E-state index is 1.01. The summed E-state index contributed by atoms with van der Waals surface area (Å²) in [6, 6.07) is 0. The summed E-state index contributed by atoms with van der Waals surface area (Å²) in [5.41, 5.74) is 0. The Bertz CT molecular complexity index is 119. The van der Waals surface area contributed by atoms with Crippen molar-refractivity contribution in [2.75, 3.05) is 11.5 Å². The first kappa shape index (κ1) is 10.9. The number of hydrogen-bond donors (Lipinski definition) is 0. The van der Waals surface area contributed by atoms with Gasteiger partial charge in [-0.25, -0.2) is 0 Å². The first-order chi connectivity index (χ1) is 5.41. The fourth-order valence-corrected chi connectivity index (χ4v) is 1.43. The Morgan fingerprint density at radius 2 is 2.09 bits per heavy atom. The Kier molecular flexibility index (Phi) is 9.83. The van der Waals surface area contributed by atoms with E-state index in [2.05, 4.69) is 18.8 Å². The van der Waals surface area contributed by atoms with Crippen molar-refractivity contribution in [2.24, 2.45) is 0 Å². The molecule has 0 aliphatic rings. The van der Waals surface area contributed by atoms with Gasteiger partial charge < -0.3 is 0 Å². The average Bonchev–Trinajstić information content (AvgIpc) is 2.03. The summed E-state index contributed by atoms with van der Waals surface area (Å²) in [5.74, 6) is 8.25. The van der Waals surface area contributed by atoms with E-state index in [4.69, 9.17) is 0 Å². The Labute approximate surface area is 75.1 Å². The zero-order valence-corrected chi connectivity index (χ0v) is 8.17. The van der Waals surface area contributed by atoms with Gasteiger partial charge in [-0.2, -0.15) is 11.8 Å². The average molecular weight is 169 g/mol. The molecule has 11 heavy (non-hydrogen) atoms. The lowest BCUT2D eigenvalue weighted by molar-refractivity contribution is 0.743. The molecule has 0 atom stereocenters. The molecule has 0 aromatic carbocycles. The lowest BCUT2D eigenvalue weighted by atomic mass is 10.2. The maximum atomic E-state index is 3.77. The van der Waals surface area contributed by atoms with E-state index in [1.807, 2.05) is 18.7 Å². The molecule has 0 bridgehead atoms. The summed E-state index contributed by atoms with van der Waals surface area (Å²) in [4.78, 5) is 0. The molecule has 0 unspecified atom stereocenters. The molecule has 0 spiro atoms. The molecule has 63 valence electrons. The summed E-state index contributed by atoms with van der Waals surface area (Å²) in [5, 5.41) is 0. The lowest BCUT2D eigenvalue weighted by Crippen LogP contribution is -1.81. The van der Waals surface area contributed by atoms with Crippen molar-refractivity contribution in [3.8, 4) is 11.8 Å². The van der Waals surface area contributed by atoms with Crippen LogP contribution in [0.4, 0.5) is 0 Å². The molecule has 0 aliphatic carbocycles. The summed E-state index contributed by atoms with van der Waals surface area (Å²) in [6.45, 7) is 5.67. The van der Waals surface area contributed by atoms with Crippen LogP contribution in [0.5, 0.6) is 0 Å². The van der Waals surface area contributed by atoms with Crippen LogP contribution in [-0.2, 0) is 0 Å². The standard InChI is InChI=1S/C10H17S/c1-3-5-6-7-8-9-10-11-4-2/h2,4,6-10H2,1H3. The maximum absolute atomic E-state index is 3.77. The van der Waals surface area contributed by atoms with Crippen LogP contribution >= 0.6 is 11.8 Å². The van der Waals surface area contributed by atoms with Crippen molar-refractivity contribution in [3.63, 3.8) is 0 Å². The summed E-state index contributed by atoms with van der Waals surface area (Å²) >= 11 is 1.92. The van der Waals surface area contributed by atoms with Crippen LogP contribution in [0.25, 0.3) is 0 Å². The third-order valence-corrected chi connectivity index (χ3v) is 2.28. The Morgan fingerprint density at radius 1 is 1.27 bits per heavy atom. The topological polar surface area (TPSA) is 0 Å². The van der Waals surface area contributed by atoms with Gasteiger partial charge in [0.15, 0.2) is 0 Å². The third kappa shape index (κ3) is 9.91. The van der Waals surface area contributed by atoms with Gasteiger partial charge in [-0.1, -0.05) is 6.42 Å². The quantitative estimate of drug-likeness (QED) is 0.435. The molecule has 0 amide bonds. The van der Waals surface area contributed by atoms with Crippen LogP contribution in [0.2, 0.25) is 0 Å². The molecule has 0 saturated heterocycles. The van der Waals surface area contributed by atoms with Crippen molar-refractivity contribution in [1.29, 1.82) is 0 Å². The van der Waals surface area contributed by atoms with Crippen LogP contribution in [0, 0.1) is 18.8 Å². The molecular formula is C10H17S. The fourth-order valence-electron chi connectivity index (χ4n) is 0.821. The van der Waals surface area contributed by atoms with Gasteiger partial charge in [-0.3, -0.25) is 0 Å². The highest BCUT2D eigenvalue weighted by Crippen LogP contribution is 2.06. The monoisotopic (exact) mass is 169 g/mol. The molecule has 0 heterocycles. The van der Waals surface area contributed by atoms with Crippen LogP contribution in [0.15, 0.2) is 0 Å². The SMILES string of the molecule is [CH2]CSCCCCCC#CC. The van der Waals surface area contributed by atoms with E-state index in [-0.39, 0.29) is 0 Å². The van der Waals surface area contributed by atoms with Crippen molar-refractivity contribution in [2.45, 2.75) is 32.6 Å². The minimum Gasteiger partial charge on any atom is -0.162 e. The second-order valence-electron chi connectivity index (χ2n) is 2.35. The van der Waals surface area contributed by atoms with E-state index >= 15 is 0 Å². The molecule has 0 aromatic rings. The molecule has 0 aromatic heterocycles. The summed E-state index contributed by atoms with van der Waals surface area (Å²) in [6.07, 6.45) is 4.98. The molecule has 0 rings (SSSR count). The van der Waals surface area contributed by atoms with Gasteiger partial charge in [0.2, 0.25) is 0 Å². The second kappa shape index (κ2) is 9.91. The molecule has 0 saturated carbocycles. The predicted octanol–water partition coefficient (Wildman–Crippen LogP) is 3.14. The van der Waals surface area contributed by atoms with Crippen LogP contribution < -0.4 is 0 Å². The minimum absolute atomic E-state index is 1.01. The molecule has 0 N–H and O–H groups in total.